The molecule has 1 saturated heterocycles. The van der Waals surface area contributed by atoms with Crippen molar-refractivity contribution in [1.29, 1.82) is 0 Å². The monoisotopic (exact) mass is 340 g/mol. The fourth-order valence-corrected chi connectivity index (χ4v) is 4.24. The normalized spacial score (nSPS) is 20.2. The highest BCUT2D eigenvalue weighted by molar-refractivity contribution is 7.97. The van der Waals surface area contributed by atoms with Crippen LogP contribution < -0.4 is 10.0 Å². The number of aryl methyl sites for hydroxylation is 1. The second-order valence-corrected chi connectivity index (χ2v) is 7.70. The van der Waals surface area contributed by atoms with E-state index >= 15 is 0 Å². The Bertz CT molecular complexity index is 746. The molecule has 1 aliphatic heterocycles. The predicted molar refractivity (Wildman–Crippen MR) is 100 cm³/mol. The molecule has 2 heterocycles. The second-order valence-electron chi connectivity index (χ2n) is 6.99. The summed E-state index contributed by atoms with van der Waals surface area (Å²) in [6.07, 6.45) is 5.89. The van der Waals surface area contributed by atoms with Crippen LogP contribution in [0, 0.1) is 5.92 Å². The zero-order chi connectivity index (χ0) is 16.5. The van der Waals surface area contributed by atoms with E-state index in [1.54, 1.807) is 0 Å². The van der Waals surface area contributed by atoms with Crippen LogP contribution in [0.15, 0.2) is 29.2 Å². The SMILES string of the molecule is CC1CCCN(c2nc3c(c(-c4cccc(SN)c4)n2)CCC3)C1. The van der Waals surface area contributed by atoms with E-state index < -0.39 is 0 Å². The summed E-state index contributed by atoms with van der Waals surface area (Å²) < 4.78 is 0. The van der Waals surface area contributed by atoms with Crippen LogP contribution in [0.3, 0.4) is 0 Å². The van der Waals surface area contributed by atoms with Crippen molar-refractivity contribution in [1.82, 2.24) is 9.97 Å². The minimum atomic E-state index is 0.719. The lowest BCUT2D eigenvalue weighted by Crippen LogP contribution is -2.35. The minimum absolute atomic E-state index is 0.719. The Morgan fingerprint density at radius 3 is 2.96 bits per heavy atom. The zero-order valence-corrected chi connectivity index (χ0v) is 15.0. The minimum Gasteiger partial charge on any atom is -0.341 e. The van der Waals surface area contributed by atoms with Gasteiger partial charge in [0.25, 0.3) is 0 Å². The molecule has 2 aromatic rings. The van der Waals surface area contributed by atoms with Crippen molar-refractivity contribution in [3.63, 3.8) is 0 Å². The van der Waals surface area contributed by atoms with Gasteiger partial charge in [0.1, 0.15) is 0 Å². The molecule has 1 unspecified atom stereocenters. The van der Waals surface area contributed by atoms with Gasteiger partial charge >= 0.3 is 0 Å². The van der Waals surface area contributed by atoms with E-state index in [1.165, 1.54) is 42.5 Å². The first-order valence-electron chi connectivity index (χ1n) is 8.86. The summed E-state index contributed by atoms with van der Waals surface area (Å²) in [5.41, 5.74) is 4.86. The van der Waals surface area contributed by atoms with Crippen molar-refractivity contribution >= 4 is 17.9 Å². The number of hydrogen-bond donors (Lipinski definition) is 1. The van der Waals surface area contributed by atoms with Crippen LogP contribution >= 0.6 is 11.9 Å². The lowest BCUT2D eigenvalue weighted by atomic mass is 10.0. The molecule has 2 aliphatic rings. The summed E-state index contributed by atoms with van der Waals surface area (Å²) in [5, 5.41) is 5.75. The molecule has 0 spiro atoms. The molecule has 4 rings (SSSR count). The Balaban J connectivity index is 1.78. The maximum Gasteiger partial charge on any atom is 0.226 e. The lowest BCUT2D eigenvalue weighted by Gasteiger charge is -2.31. The van der Waals surface area contributed by atoms with Gasteiger partial charge in [-0.25, -0.2) is 9.97 Å². The fraction of sp³-hybridized carbons (Fsp3) is 0.474. The zero-order valence-electron chi connectivity index (χ0n) is 14.2. The molecule has 24 heavy (non-hydrogen) atoms. The van der Waals surface area contributed by atoms with E-state index in [1.807, 2.05) is 6.07 Å². The number of anilines is 1. The summed E-state index contributed by atoms with van der Waals surface area (Å²) in [6.45, 7) is 4.46. The summed E-state index contributed by atoms with van der Waals surface area (Å²) >= 11 is 1.29. The summed E-state index contributed by atoms with van der Waals surface area (Å²) in [5.74, 6) is 1.64. The highest BCUT2D eigenvalue weighted by Crippen LogP contribution is 2.33. The molecule has 0 bridgehead atoms. The highest BCUT2D eigenvalue weighted by Gasteiger charge is 2.24. The molecule has 0 amide bonds. The Morgan fingerprint density at radius 2 is 2.12 bits per heavy atom. The standard InChI is InChI=1S/C19H24N4S/c1-13-5-4-10-23(12-13)19-21-17-9-3-8-16(17)18(22-19)14-6-2-7-15(11-14)24-20/h2,6-7,11,13H,3-5,8-10,12,20H2,1H3. The van der Waals surface area contributed by atoms with Gasteiger partial charge in [-0.3, -0.25) is 5.14 Å². The number of nitrogens with zero attached hydrogens (tertiary/aromatic N) is 3. The van der Waals surface area contributed by atoms with Gasteiger partial charge in [-0.1, -0.05) is 19.1 Å². The molecule has 0 radical (unpaired) electrons. The number of nitrogens with two attached hydrogens (primary N) is 1. The van der Waals surface area contributed by atoms with E-state index in [9.17, 15) is 0 Å². The molecule has 1 aromatic heterocycles. The van der Waals surface area contributed by atoms with E-state index in [4.69, 9.17) is 15.1 Å². The van der Waals surface area contributed by atoms with Gasteiger partial charge in [-0.2, -0.15) is 0 Å². The van der Waals surface area contributed by atoms with Crippen LogP contribution in [0.2, 0.25) is 0 Å². The van der Waals surface area contributed by atoms with Gasteiger partial charge in [0.05, 0.1) is 5.69 Å². The van der Waals surface area contributed by atoms with Crippen LogP contribution in [-0.2, 0) is 12.8 Å². The largest absolute Gasteiger partial charge is 0.341 e. The topological polar surface area (TPSA) is 55.0 Å². The van der Waals surface area contributed by atoms with Gasteiger partial charge in [-0.15, -0.1) is 0 Å². The molecule has 1 fully saturated rings. The number of fused-ring (bicyclic) bond motifs is 1. The van der Waals surface area contributed by atoms with E-state index in [0.29, 0.717) is 0 Å². The first kappa shape index (κ1) is 15.9. The van der Waals surface area contributed by atoms with Gasteiger partial charge < -0.3 is 4.90 Å². The van der Waals surface area contributed by atoms with Crippen LogP contribution in [0.4, 0.5) is 5.95 Å². The Hall–Kier alpha value is -1.59. The number of benzene rings is 1. The number of piperidine rings is 1. The summed E-state index contributed by atoms with van der Waals surface area (Å²) in [4.78, 5) is 13.4. The van der Waals surface area contributed by atoms with E-state index in [2.05, 4.69) is 30.0 Å². The molecule has 126 valence electrons. The average molecular weight is 340 g/mol. The number of aromatic nitrogens is 2. The highest BCUT2D eigenvalue weighted by atomic mass is 32.2. The lowest BCUT2D eigenvalue weighted by molar-refractivity contribution is 0.442. The Kier molecular flexibility index (Phi) is 4.46. The maximum atomic E-state index is 5.75. The fourth-order valence-electron chi connectivity index (χ4n) is 3.89. The molecule has 1 aliphatic carbocycles. The average Bonchev–Trinajstić information content (AvgIpc) is 3.09. The van der Waals surface area contributed by atoms with Crippen molar-refractivity contribution in [3.8, 4) is 11.3 Å². The predicted octanol–water partition coefficient (Wildman–Crippen LogP) is 3.83. The smallest absolute Gasteiger partial charge is 0.226 e. The van der Waals surface area contributed by atoms with Gasteiger partial charge in [0.15, 0.2) is 0 Å². The van der Waals surface area contributed by atoms with Crippen molar-refractivity contribution in [2.75, 3.05) is 18.0 Å². The second kappa shape index (κ2) is 6.73. The molecule has 5 heteroatoms. The number of rotatable bonds is 3. The first-order chi connectivity index (χ1) is 11.7. The summed E-state index contributed by atoms with van der Waals surface area (Å²) in [6, 6.07) is 8.40. The van der Waals surface area contributed by atoms with Gasteiger partial charge in [0.2, 0.25) is 5.95 Å². The van der Waals surface area contributed by atoms with Crippen molar-refractivity contribution < 1.29 is 0 Å². The van der Waals surface area contributed by atoms with Crippen LogP contribution in [0.25, 0.3) is 11.3 Å². The third-order valence-electron chi connectivity index (χ3n) is 5.10. The summed E-state index contributed by atoms with van der Waals surface area (Å²) in [7, 11) is 0. The van der Waals surface area contributed by atoms with Crippen molar-refractivity contribution in [2.45, 2.75) is 43.9 Å². The molecular weight excluding hydrogens is 316 g/mol. The molecule has 0 saturated carbocycles. The molecule has 4 nitrogen and oxygen atoms in total. The van der Waals surface area contributed by atoms with E-state index in [0.717, 1.165) is 54.0 Å². The molecule has 2 N–H and O–H groups in total. The van der Waals surface area contributed by atoms with Crippen LogP contribution in [-0.4, -0.2) is 23.1 Å². The third kappa shape index (κ3) is 3.03. The molecular formula is C19H24N4S. The third-order valence-corrected chi connectivity index (χ3v) is 5.63. The van der Waals surface area contributed by atoms with Crippen molar-refractivity contribution in [3.05, 3.63) is 35.5 Å². The molecule has 1 aromatic carbocycles. The van der Waals surface area contributed by atoms with Gasteiger partial charge in [-0.05, 0) is 62.1 Å². The van der Waals surface area contributed by atoms with E-state index in [-0.39, 0.29) is 0 Å². The van der Waals surface area contributed by atoms with Crippen LogP contribution in [0.1, 0.15) is 37.4 Å². The molecule has 1 atom stereocenters. The maximum absolute atomic E-state index is 5.75. The first-order valence-corrected chi connectivity index (χ1v) is 9.74. The Morgan fingerprint density at radius 1 is 1.21 bits per heavy atom. The van der Waals surface area contributed by atoms with Crippen molar-refractivity contribution in [2.24, 2.45) is 11.1 Å². The number of hydrogen-bond acceptors (Lipinski definition) is 5. The quantitative estimate of drug-likeness (QED) is 0.861. The Labute approximate surface area is 148 Å². The van der Waals surface area contributed by atoms with Gasteiger partial charge in [0, 0.05) is 34.8 Å². The van der Waals surface area contributed by atoms with Crippen LogP contribution in [0.5, 0.6) is 0 Å².